The highest BCUT2D eigenvalue weighted by Crippen LogP contribution is 2.29. The van der Waals surface area contributed by atoms with Crippen LogP contribution in [0.3, 0.4) is 0 Å². The summed E-state index contributed by atoms with van der Waals surface area (Å²) in [4.78, 5) is 7.73. The lowest BCUT2D eigenvalue weighted by molar-refractivity contribution is 0.175. The maximum Gasteiger partial charge on any atom is 0.169 e. The first kappa shape index (κ1) is 23.8. The van der Waals surface area contributed by atoms with E-state index in [4.69, 9.17) is 4.74 Å². The Morgan fingerprint density at radius 2 is 1.75 bits per heavy atom. The number of phenolic OH excluding ortho intramolecular Hbond substituents is 1. The van der Waals surface area contributed by atoms with Gasteiger partial charge in [-0.1, -0.05) is 41.6 Å². The van der Waals surface area contributed by atoms with Gasteiger partial charge in [-0.25, -0.2) is 13.8 Å². The van der Waals surface area contributed by atoms with Gasteiger partial charge in [-0.2, -0.15) is 0 Å². The molecule has 3 aromatic carbocycles. The molecule has 7 heteroatoms. The number of nitrogens with zero attached hydrogens (tertiary/aromatic N) is 2. The number of aromatic hydroxyl groups is 1. The Balaban J connectivity index is 2.01. The fourth-order valence-corrected chi connectivity index (χ4v) is 4.09. The van der Waals surface area contributed by atoms with E-state index in [1.807, 2.05) is 43.0 Å². The minimum atomic E-state index is -0.941. The molecule has 0 atom stereocenters. The molecule has 0 aliphatic heterocycles. The van der Waals surface area contributed by atoms with Crippen LogP contribution in [0, 0.1) is 25.5 Å². The predicted molar refractivity (Wildman–Crippen MR) is 126 cm³/mol. The topological polar surface area (TPSA) is 45.1 Å². The Kier molecular flexibility index (Phi) is 8.25. The van der Waals surface area contributed by atoms with Crippen molar-refractivity contribution in [3.8, 4) is 5.75 Å². The van der Waals surface area contributed by atoms with Crippen LogP contribution in [0.2, 0.25) is 0 Å². The highest BCUT2D eigenvalue weighted by Gasteiger charge is 2.16. The summed E-state index contributed by atoms with van der Waals surface area (Å²) < 4.78 is 32.6. The third kappa shape index (κ3) is 6.55. The second kappa shape index (κ2) is 11.1. The summed E-state index contributed by atoms with van der Waals surface area (Å²) in [6.07, 6.45) is 0. The Bertz CT molecular complexity index is 1090. The summed E-state index contributed by atoms with van der Waals surface area (Å²) in [5, 5.41) is 10.2. The predicted octanol–water partition coefficient (Wildman–Crippen LogP) is 6.22. The third-order valence-corrected chi connectivity index (χ3v) is 6.02. The summed E-state index contributed by atoms with van der Waals surface area (Å²) in [5.41, 5.74) is 3.55. The fraction of sp³-hybridized carbons (Fsp3) is 0.240. The number of phenols is 1. The molecular formula is C25H26F2N2O2S. The smallest absolute Gasteiger partial charge is 0.169 e. The number of aryl methyl sites for hydroxylation is 2. The number of hydrogen-bond donors (Lipinski definition) is 1. The molecule has 32 heavy (non-hydrogen) atoms. The Morgan fingerprint density at radius 1 is 1.00 bits per heavy atom. The van der Waals surface area contributed by atoms with Crippen LogP contribution in [-0.4, -0.2) is 35.4 Å². The minimum Gasteiger partial charge on any atom is -0.508 e. The molecule has 1 N–H and O–H groups in total. The highest BCUT2D eigenvalue weighted by molar-refractivity contribution is 8.13. The van der Waals surface area contributed by atoms with Crippen molar-refractivity contribution in [2.45, 2.75) is 25.3 Å². The van der Waals surface area contributed by atoms with Crippen LogP contribution in [-0.2, 0) is 11.3 Å². The van der Waals surface area contributed by atoms with Gasteiger partial charge in [0.05, 0.1) is 12.3 Å². The molecule has 0 fully saturated rings. The first-order chi connectivity index (χ1) is 15.4. The number of halogens is 2. The Hall–Kier alpha value is -2.90. The van der Waals surface area contributed by atoms with Crippen molar-refractivity contribution in [3.63, 3.8) is 0 Å². The molecule has 0 saturated carbocycles. The summed E-state index contributed by atoms with van der Waals surface area (Å²) in [6, 6.07) is 16.7. The fourth-order valence-electron chi connectivity index (χ4n) is 3.10. The van der Waals surface area contributed by atoms with Crippen LogP contribution in [0.4, 0.5) is 14.5 Å². The van der Waals surface area contributed by atoms with Gasteiger partial charge in [0.1, 0.15) is 5.75 Å². The quantitative estimate of drug-likeness (QED) is 0.261. The van der Waals surface area contributed by atoms with Crippen molar-refractivity contribution in [1.82, 2.24) is 4.90 Å². The normalized spacial score (nSPS) is 11.6. The SMILES string of the molecule is COCCN(Cc1ccc(O)cc1)C(=Nc1ccc(F)c(F)c1)Sc1ccc(C)cc1C. The van der Waals surface area contributed by atoms with Gasteiger partial charge in [0, 0.05) is 31.2 Å². The van der Waals surface area contributed by atoms with Crippen LogP contribution >= 0.6 is 11.8 Å². The molecule has 168 valence electrons. The van der Waals surface area contributed by atoms with E-state index < -0.39 is 11.6 Å². The second-order valence-corrected chi connectivity index (χ2v) is 8.45. The van der Waals surface area contributed by atoms with Gasteiger partial charge in [-0.05, 0) is 55.3 Å². The van der Waals surface area contributed by atoms with Gasteiger partial charge >= 0.3 is 0 Å². The van der Waals surface area contributed by atoms with E-state index in [1.54, 1.807) is 19.2 Å². The summed E-state index contributed by atoms with van der Waals surface area (Å²) >= 11 is 1.46. The largest absolute Gasteiger partial charge is 0.508 e. The third-order valence-electron chi connectivity index (χ3n) is 4.81. The number of hydrogen-bond acceptors (Lipinski definition) is 4. The molecule has 0 aliphatic carbocycles. The molecule has 0 bridgehead atoms. The lowest BCUT2D eigenvalue weighted by Crippen LogP contribution is -2.31. The first-order valence-electron chi connectivity index (χ1n) is 10.2. The number of methoxy groups -OCH3 is 1. The zero-order valence-corrected chi connectivity index (χ0v) is 19.1. The Morgan fingerprint density at radius 3 is 2.41 bits per heavy atom. The molecule has 0 aliphatic rings. The van der Waals surface area contributed by atoms with Crippen LogP contribution in [0.15, 0.2) is 70.6 Å². The number of aliphatic imine (C=N–C) groups is 1. The average Bonchev–Trinajstić information content (AvgIpc) is 2.76. The van der Waals surface area contributed by atoms with Crippen molar-refractivity contribution in [1.29, 1.82) is 0 Å². The molecule has 0 aromatic heterocycles. The lowest BCUT2D eigenvalue weighted by Gasteiger charge is -2.26. The van der Waals surface area contributed by atoms with Crippen LogP contribution in [0.1, 0.15) is 16.7 Å². The monoisotopic (exact) mass is 456 g/mol. The van der Waals surface area contributed by atoms with Crippen LogP contribution in [0.25, 0.3) is 0 Å². The van der Waals surface area contributed by atoms with Crippen molar-refractivity contribution in [3.05, 3.63) is 89.0 Å². The van der Waals surface area contributed by atoms with Crippen LogP contribution < -0.4 is 0 Å². The van der Waals surface area contributed by atoms with Crippen molar-refractivity contribution in [2.75, 3.05) is 20.3 Å². The van der Waals surface area contributed by atoms with Gasteiger partial charge in [0.2, 0.25) is 0 Å². The van der Waals surface area contributed by atoms with E-state index in [2.05, 4.69) is 11.1 Å². The number of ether oxygens (including phenoxy) is 1. The van der Waals surface area contributed by atoms with Gasteiger partial charge in [0.25, 0.3) is 0 Å². The molecule has 3 aromatic rings. The number of rotatable bonds is 7. The minimum absolute atomic E-state index is 0.192. The highest BCUT2D eigenvalue weighted by atomic mass is 32.2. The standard InChI is InChI=1S/C25H26F2N2O2S/c1-17-4-11-24(18(2)14-17)32-25(28-20-7-10-22(26)23(27)15-20)29(12-13-31-3)16-19-5-8-21(30)9-6-19/h4-11,14-15,30H,12-13,16H2,1-3H3. The molecule has 0 saturated heterocycles. The van der Waals surface area contributed by atoms with E-state index in [-0.39, 0.29) is 5.75 Å². The van der Waals surface area contributed by atoms with Crippen molar-refractivity contribution in [2.24, 2.45) is 4.99 Å². The lowest BCUT2D eigenvalue weighted by atomic mass is 10.2. The second-order valence-electron chi connectivity index (χ2n) is 7.44. The van der Waals surface area contributed by atoms with E-state index >= 15 is 0 Å². The molecular weight excluding hydrogens is 430 g/mol. The molecule has 0 unspecified atom stereocenters. The van der Waals surface area contributed by atoms with Crippen molar-refractivity contribution < 1.29 is 18.6 Å². The number of benzene rings is 3. The van der Waals surface area contributed by atoms with E-state index in [9.17, 15) is 13.9 Å². The maximum absolute atomic E-state index is 13.8. The molecule has 3 rings (SSSR count). The molecule has 4 nitrogen and oxygen atoms in total. The maximum atomic E-state index is 13.8. The van der Waals surface area contributed by atoms with Crippen molar-refractivity contribution >= 4 is 22.6 Å². The molecule has 0 spiro atoms. The van der Waals surface area contributed by atoms with Gasteiger partial charge < -0.3 is 14.7 Å². The number of thioether (sulfide) groups is 1. The van der Waals surface area contributed by atoms with Gasteiger partial charge in [0.15, 0.2) is 16.8 Å². The molecule has 0 amide bonds. The zero-order chi connectivity index (χ0) is 23.1. The van der Waals surface area contributed by atoms with E-state index in [0.29, 0.717) is 30.6 Å². The Labute approximate surface area is 191 Å². The van der Waals surface area contributed by atoms with Crippen LogP contribution in [0.5, 0.6) is 5.75 Å². The molecule has 0 heterocycles. The summed E-state index contributed by atoms with van der Waals surface area (Å²) in [7, 11) is 1.63. The summed E-state index contributed by atoms with van der Waals surface area (Å²) in [5.74, 6) is -1.66. The van der Waals surface area contributed by atoms with Gasteiger partial charge in [-0.3, -0.25) is 0 Å². The van der Waals surface area contributed by atoms with E-state index in [1.165, 1.54) is 17.8 Å². The average molecular weight is 457 g/mol. The summed E-state index contributed by atoms with van der Waals surface area (Å²) in [6.45, 7) is 5.57. The first-order valence-corrected chi connectivity index (χ1v) is 11.0. The van der Waals surface area contributed by atoms with E-state index in [0.717, 1.165) is 33.7 Å². The number of amidine groups is 1. The molecule has 0 radical (unpaired) electrons. The van der Waals surface area contributed by atoms with Gasteiger partial charge in [-0.15, -0.1) is 0 Å². The zero-order valence-electron chi connectivity index (χ0n) is 18.3.